The number of phenolic OH excluding ortho intramolecular Hbond substituents is 1. The van der Waals surface area contributed by atoms with Crippen molar-refractivity contribution in [3.63, 3.8) is 0 Å². The number of hydrogen-bond donors (Lipinski definition) is 1. The van der Waals surface area contributed by atoms with Gasteiger partial charge in [-0.15, -0.1) is 0 Å². The summed E-state index contributed by atoms with van der Waals surface area (Å²) >= 11 is 0. The van der Waals surface area contributed by atoms with Crippen LogP contribution in [0.15, 0.2) is 42.5 Å². The van der Waals surface area contributed by atoms with Crippen molar-refractivity contribution >= 4 is 0 Å². The van der Waals surface area contributed by atoms with Gasteiger partial charge in [0, 0.05) is 0 Å². The van der Waals surface area contributed by atoms with E-state index >= 15 is 0 Å². The third-order valence-corrected chi connectivity index (χ3v) is 3.45. The van der Waals surface area contributed by atoms with Crippen LogP contribution in [0.4, 0.5) is 0 Å². The molecule has 0 bridgehead atoms. The highest BCUT2D eigenvalue weighted by molar-refractivity contribution is 5.49. The van der Waals surface area contributed by atoms with Gasteiger partial charge in [-0.05, 0) is 29.7 Å². The van der Waals surface area contributed by atoms with Gasteiger partial charge < -0.3 is 14.6 Å². The number of phenols is 1. The molecule has 0 saturated carbocycles. The van der Waals surface area contributed by atoms with E-state index in [2.05, 4.69) is 19.1 Å². The van der Waals surface area contributed by atoms with Crippen molar-refractivity contribution in [3.8, 4) is 11.5 Å². The lowest BCUT2D eigenvalue weighted by atomic mass is 9.97. The smallest absolute Gasteiger partial charge is 0.190 e. The lowest BCUT2D eigenvalue weighted by molar-refractivity contribution is -0.0430. The molecule has 3 rings (SSSR count). The molecule has 0 fully saturated rings. The van der Waals surface area contributed by atoms with Gasteiger partial charge in [0.05, 0.1) is 5.56 Å². The number of ether oxygens (including phenoxy) is 2. The van der Waals surface area contributed by atoms with E-state index in [0.717, 1.165) is 12.0 Å². The van der Waals surface area contributed by atoms with E-state index in [-0.39, 0.29) is 18.6 Å². The van der Waals surface area contributed by atoms with Gasteiger partial charge in [-0.1, -0.05) is 37.3 Å². The Balaban J connectivity index is 2.03. The molecule has 0 aromatic heterocycles. The van der Waals surface area contributed by atoms with Crippen LogP contribution in [0.2, 0.25) is 0 Å². The van der Waals surface area contributed by atoms with Crippen LogP contribution in [-0.2, 0) is 11.2 Å². The standard InChI is InChI=1S/C16H16O3/c1-2-11-6-8-12(9-7-11)16-15-13(17)4-3-5-14(15)18-10-19-16/h3-9,16-17H,2,10H2,1H3. The number of fused-ring (bicyclic) bond motifs is 1. The molecule has 1 aliphatic heterocycles. The summed E-state index contributed by atoms with van der Waals surface area (Å²) < 4.78 is 11.1. The van der Waals surface area contributed by atoms with Crippen LogP contribution in [0, 0.1) is 0 Å². The van der Waals surface area contributed by atoms with Crippen molar-refractivity contribution in [1.29, 1.82) is 0 Å². The summed E-state index contributed by atoms with van der Waals surface area (Å²) in [5.74, 6) is 0.901. The second-order valence-electron chi connectivity index (χ2n) is 4.59. The highest BCUT2D eigenvalue weighted by Crippen LogP contribution is 2.41. The fourth-order valence-corrected chi connectivity index (χ4v) is 2.36. The Morgan fingerprint density at radius 3 is 2.68 bits per heavy atom. The predicted molar refractivity (Wildman–Crippen MR) is 72.3 cm³/mol. The average Bonchev–Trinajstić information content (AvgIpc) is 2.47. The second kappa shape index (κ2) is 4.94. The van der Waals surface area contributed by atoms with Crippen LogP contribution in [0.1, 0.15) is 29.7 Å². The van der Waals surface area contributed by atoms with Gasteiger partial charge in [-0.25, -0.2) is 0 Å². The molecule has 0 saturated heterocycles. The highest BCUT2D eigenvalue weighted by Gasteiger charge is 2.26. The molecule has 19 heavy (non-hydrogen) atoms. The van der Waals surface area contributed by atoms with E-state index in [1.54, 1.807) is 12.1 Å². The fraction of sp³-hybridized carbons (Fsp3) is 0.250. The number of aryl methyl sites for hydroxylation is 1. The molecule has 0 amide bonds. The predicted octanol–water partition coefficient (Wildman–Crippen LogP) is 3.41. The minimum atomic E-state index is -0.268. The minimum absolute atomic E-state index is 0.205. The molecule has 1 heterocycles. The summed E-state index contributed by atoms with van der Waals surface area (Å²) in [7, 11) is 0. The Morgan fingerprint density at radius 1 is 1.16 bits per heavy atom. The fourth-order valence-electron chi connectivity index (χ4n) is 2.36. The first-order valence-corrected chi connectivity index (χ1v) is 6.44. The first-order chi connectivity index (χ1) is 9.29. The molecule has 1 atom stereocenters. The van der Waals surface area contributed by atoms with Crippen molar-refractivity contribution < 1.29 is 14.6 Å². The zero-order valence-corrected chi connectivity index (χ0v) is 10.8. The maximum Gasteiger partial charge on any atom is 0.190 e. The van der Waals surface area contributed by atoms with Gasteiger partial charge in [-0.3, -0.25) is 0 Å². The molecule has 0 spiro atoms. The summed E-state index contributed by atoms with van der Waals surface area (Å²) in [4.78, 5) is 0. The molecular weight excluding hydrogens is 240 g/mol. The zero-order valence-electron chi connectivity index (χ0n) is 10.8. The van der Waals surface area contributed by atoms with Gasteiger partial charge in [-0.2, -0.15) is 0 Å². The summed E-state index contributed by atoms with van der Waals surface area (Å²) in [6.07, 6.45) is 0.743. The average molecular weight is 256 g/mol. The van der Waals surface area contributed by atoms with Crippen LogP contribution >= 0.6 is 0 Å². The molecule has 0 aliphatic carbocycles. The summed E-state index contributed by atoms with van der Waals surface area (Å²) in [5, 5.41) is 10.0. The highest BCUT2D eigenvalue weighted by atomic mass is 16.7. The van der Waals surface area contributed by atoms with Gasteiger partial charge in [0.25, 0.3) is 0 Å². The van der Waals surface area contributed by atoms with Crippen molar-refractivity contribution in [2.75, 3.05) is 6.79 Å². The third kappa shape index (κ3) is 2.17. The number of benzene rings is 2. The van der Waals surface area contributed by atoms with E-state index in [1.807, 2.05) is 18.2 Å². The first-order valence-electron chi connectivity index (χ1n) is 6.44. The monoisotopic (exact) mass is 256 g/mol. The summed E-state index contributed by atoms with van der Waals surface area (Å²) in [6, 6.07) is 13.6. The third-order valence-electron chi connectivity index (χ3n) is 3.45. The van der Waals surface area contributed by atoms with E-state index in [4.69, 9.17) is 9.47 Å². The minimum Gasteiger partial charge on any atom is -0.507 e. The van der Waals surface area contributed by atoms with E-state index in [1.165, 1.54) is 5.56 Å². The maximum absolute atomic E-state index is 10.0. The Labute approximate surface area is 112 Å². The molecule has 2 aromatic carbocycles. The Kier molecular flexibility index (Phi) is 3.13. The number of hydrogen-bond acceptors (Lipinski definition) is 3. The summed E-state index contributed by atoms with van der Waals surface area (Å²) in [5.41, 5.74) is 3.02. The van der Waals surface area contributed by atoms with E-state index in [0.29, 0.717) is 11.3 Å². The maximum atomic E-state index is 10.0. The second-order valence-corrected chi connectivity index (χ2v) is 4.59. The van der Waals surface area contributed by atoms with Crippen LogP contribution in [0.25, 0.3) is 0 Å². The molecule has 3 heteroatoms. The van der Waals surface area contributed by atoms with E-state index < -0.39 is 0 Å². The quantitative estimate of drug-likeness (QED) is 0.894. The first kappa shape index (κ1) is 12.1. The molecule has 1 unspecified atom stereocenters. The Morgan fingerprint density at radius 2 is 1.95 bits per heavy atom. The van der Waals surface area contributed by atoms with Gasteiger partial charge in [0.1, 0.15) is 17.6 Å². The van der Waals surface area contributed by atoms with Crippen molar-refractivity contribution in [2.24, 2.45) is 0 Å². The summed E-state index contributed by atoms with van der Waals surface area (Å²) in [6.45, 7) is 2.33. The van der Waals surface area contributed by atoms with Crippen LogP contribution in [0.5, 0.6) is 11.5 Å². The van der Waals surface area contributed by atoms with Crippen LogP contribution in [-0.4, -0.2) is 11.9 Å². The Hall–Kier alpha value is -2.00. The van der Waals surface area contributed by atoms with Crippen LogP contribution < -0.4 is 4.74 Å². The van der Waals surface area contributed by atoms with Crippen molar-refractivity contribution in [2.45, 2.75) is 19.4 Å². The Bertz CT molecular complexity index is 575. The topological polar surface area (TPSA) is 38.7 Å². The van der Waals surface area contributed by atoms with Gasteiger partial charge in [0.15, 0.2) is 6.79 Å². The number of aromatic hydroxyl groups is 1. The lowest BCUT2D eigenvalue weighted by Gasteiger charge is -2.27. The largest absolute Gasteiger partial charge is 0.507 e. The van der Waals surface area contributed by atoms with Crippen LogP contribution in [0.3, 0.4) is 0 Å². The SMILES string of the molecule is CCc1ccc(C2OCOc3cccc(O)c32)cc1. The molecule has 1 aliphatic rings. The zero-order chi connectivity index (χ0) is 13.2. The molecule has 2 aromatic rings. The molecule has 3 nitrogen and oxygen atoms in total. The molecular formula is C16H16O3. The van der Waals surface area contributed by atoms with Crippen molar-refractivity contribution in [1.82, 2.24) is 0 Å². The van der Waals surface area contributed by atoms with Crippen molar-refractivity contribution in [3.05, 3.63) is 59.2 Å². The molecule has 1 N–H and O–H groups in total. The van der Waals surface area contributed by atoms with Gasteiger partial charge >= 0.3 is 0 Å². The lowest BCUT2D eigenvalue weighted by Crippen LogP contribution is -2.18. The molecule has 98 valence electrons. The number of rotatable bonds is 2. The molecule has 0 radical (unpaired) electrons. The van der Waals surface area contributed by atoms with Gasteiger partial charge in [0.2, 0.25) is 0 Å². The van der Waals surface area contributed by atoms with E-state index in [9.17, 15) is 5.11 Å². The normalized spacial score (nSPS) is 17.6.